The van der Waals surface area contributed by atoms with Gasteiger partial charge in [-0.3, -0.25) is 4.90 Å². The Morgan fingerprint density at radius 2 is 2.00 bits per heavy atom. The fourth-order valence-electron chi connectivity index (χ4n) is 2.25. The van der Waals surface area contributed by atoms with Crippen molar-refractivity contribution in [3.8, 4) is 0 Å². The van der Waals surface area contributed by atoms with Crippen LogP contribution >= 0.6 is 22.9 Å². The van der Waals surface area contributed by atoms with Gasteiger partial charge < -0.3 is 5.32 Å². The van der Waals surface area contributed by atoms with Gasteiger partial charge in [-0.2, -0.15) is 0 Å². The maximum Gasteiger partial charge on any atom is 0.0409 e. The van der Waals surface area contributed by atoms with E-state index in [1.165, 1.54) is 15.3 Å². The molecule has 0 radical (unpaired) electrons. The molecule has 1 atom stereocenters. The van der Waals surface area contributed by atoms with Gasteiger partial charge in [0.2, 0.25) is 0 Å². The molecule has 1 aromatic heterocycles. The second kappa shape index (κ2) is 7.95. The standard InChI is InChI=1S/C17H23ClN2S/c1-4-19-11-16-8-9-17(21-16)12-20(3)13(2)14-6-5-7-15(18)10-14/h5-10,13,19H,4,11-12H2,1-3H3. The zero-order valence-corrected chi connectivity index (χ0v) is 14.5. The van der Waals surface area contributed by atoms with Crippen LogP contribution in [0.15, 0.2) is 36.4 Å². The van der Waals surface area contributed by atoms with Gasteiger partial charge in [0.25, 0.3) is 0 Å². The summed E-state index contributed by atoms with van der Waals surface area (Å²) in [4.78, 5) is 5.16. The van der Waals surface area contributed by atoms with E-state index >= 15 is 0 Å². The van der Waals surface area contributed by atoms with Gasteiger partial charge in [0.1, 0.15) is 0 Å². The van der Waals surface area contributed by atoms with Gasteiger partial charge in [0, 0.05) is 33.9 Å². The summed E-state index contributed by atoms with van der Waals surface area (Å²) in [6.45, 7) is 7.30. The Bertz CT molecular complexity index is 567. The van der Waals surface area contributed by atoms with Crippen LogP contribution < -0.4 is 5.32 Å². The van der Waals surface area contributed by atoms with E-state index in [9.17, 15) is 0 Å². The number of nitrogens with zero attached hydrogens (tertiary/aromatic N) is 1. The van der Waals surface area contributed by atoms with Crippen LogP contribution in [-0.2, 0) is 13.1 Å². The second-order valence-electron chi connectivity index (χ2n) is 5.29. The van der Waals surface area contributed by atoms with Crippen LogP contribution in [-0.4, -0.2) is 18.5 Å². The molecule has 2 aromatic rings. The Balaban J connectivity index is 1.97. The number of nitrogens with one attached hydrogen (secondary N) is 1. The summed E-state index contributed by atoms with van der Waals surface area (Å²) >= 11 is 7.97. The summed E-state index contributed by atoms with van der Waals surface area (Å²) in [5.41, 5.74) is 1.26. The van der Waals surface area contributed by atoms with Crippen molar-refractivity contribution in [1.29, 1.82) is 0 Å². The van der Waals surface area contributed by atoms with Crippen LogP contribution in [0.5, 0.6) is 0 Å². The minimum atomic E-state index is 0.350. The first-order valence-corrected chi connectivity index (χ1v) is 8.53. The first kappa shape index (κ1) is 16.5. The molecule has 0 aliphatic carbocycles. The van der Waals surface area contributed by atoms with Crippen molar-refractivity contribution < 1.29 is 0 Å². The lowest BCUT2D eigenvalue weighted by Gasteiger charge is -2.24. The molecular formula is C17H23ClN2S. The third-order valence-corrected chi connectivity index (χ3v) is 4.97. The first-order valence-electron chi connectivity index (χ1n) is 7.34. The van der Waals surface area contributed by atoms with Crippen LogP contribution in [0.25, 0.3) is 0 Å². The van der Waals surface area contributed by atoms with Gasteiger partial charge in [-0.15, -0.1) is 11.3 Å². The van der Waals surface area contributed by atoms with Gasteiger partial charge in [0.05, 0.1) is 0 Å². The molecule has 0 amide bonds. The minimum Gasteiger partial charge on any atom is -0.312 e. The highest BCUT2D eigenvalue weighted by Crippen LogP contribution is 2.25. The molecule has 1 heterocycles. The molecule has 0 saturated heterocycles. The number of benzene rings is 1. The van der Waals surface area contributed by atoms with E-state index in [0.29, 0.717) is 6.04 Å². The van der Waals surface area contributed by atoms with Crippen molar-refractivity contribution in [3.63, 3.8) is 0 Å². The molecule has 2 rings (SSSR count). The lowest BCUT2D eigenvalue weighted by Crippen LogP contribution is -2.21. The highest BCUT2D eigenvalue weighted by molar-refractivity contribution is 7.11. The Kier molecular flexibility index (Phi) is 6.24. The first-order chi connectivity index (χ1) is 10.1. The lowest BCUT2D eigenvalue weighted by atomic mass is 10.1. The summed E-state index contributed by atoms with van der Waals surface area (Å²) < 4.78 is 0. The molecule has 0 bridgehead atoms. The fourth-order valence-corrected chi connectivity index (χ4v) is 3.50. The van der Waals surface area contributed by atoms with Gasteiger partial charge >= 0.3 is 0 Å². The number of halogens is 1. The Morgan fingerprint density at radius 3 is 2.71 bits per heavy atom. The van der Waals surface area contributed by atoms with Gasteiger partial charge in [-0.25, -0.2) is 0 Å². The molecular weight excluding hydrogens is 300 g/mol. The van der Waals surface area contributed by atoms with E-state index < -0.39 is 0 Å². The quantitative estimate of drug-likeness (QED) is 0.794. The van der Waals surface area contributed by atoms with Gasteiger partial charge in [-0.1, -0.05) is 30.7 Å². The van der Waals surface area contributed by atoms with Gasteiger partial charge in [-0.05, 0) is 50.3 Å². The molecule has 0 fully saturated rings. The predicted molar refractivity (Wildman–Crippen MR) is 93.0 cm³/mol. The summed E-state index contributed by atoms with van der Waals surface area (Å²) in [7, 11) is 2.16. The Morgan fingerprint density at radius 1 is 1.24 bits per heavy atom. The SMILES string of the molecule is CCNCc1ccc(CN(C)C(C)c2cccc(Cl)c2)s1. The summed E-state index contributed by atoms with van der Waals surface area (Å²) in [6.07, 6.45) is 0. The van der Waals surface area contributed by atoms with Crippen molar-refractivity contribution in [2.45, 2.75) is 33.0 Å². The third kappa shape index (κ3) is 4.82. The number of thiophene rings is 1. The van der Waals surface area contributed by atoms with E-state index in [4.69, 9.17) is 11.6 Å². The largest absolute Gasteiger partial charge is 0.312 e. The zero-order chi connectivity index (χ0) is 15.2. The van der Waals surface area contributed by atoms with Crippen LogP contribution in [0.2, 0.25) is 5.02 Å². The van der Waals surface area contributed by atoms with Crippen LogP contribution in [0.4, 0.5) is 0 Å². The third-order valence-electron chi connectivity index (χ3n) is 3.66. The molecule has 1 aromatic carbocycles. The maximum absolute atomic E-state index is 6.08. The summed E-state index contributed by atoms with van der Waals surface area (Å²) in [6, 6.07) is 12.9. The number of rotatable bonds is 7. The predicted octanol–water partition coefficient (Wildman–Crippen LogP) is 4.70. The van der Waals surface area contributed by atoms with Crippen molar-refractivity contribution in [3.05, 3.63) is 56.7 Å². The van der Waals surface area contributed by atoms with Crippen molar-refractivity contribution >= 4 is 22.9 Å². The monoisotopic (exact) mass is 322 g/mol. The molecule has 21 heavy (non-hydrogen) atoms. The summed E-state index contributed by atoms with van der Waals surface area (Å²) in [5.74, 6) is 0. The Hall–Kier alpha value is -0.870. The lowest BCUT2D eigenvalue weighted by molar-refractivity contribution is 0.255. The molecule has 0 aliphatic rings. The van der Waals surface area contributed by atoms with Crippen LogP contribution in [0.3, 0.4) is 0 Å². The molecule has 1 N–H and O–H groups in total. The maximum atomic E-state index is 6.08. The molecule has 1 unspecified atom stereocenters. The Labute approximate surface area is 136 Å². The molecule has 0 aliphatic heterocycles. The van der Waals surface area contributed by atoms with Crippen LogP contribution in [0.1, 0.15) is 35.2 Å². The van der Waals surface area contributed by atoms with Crippen molar-refractivity contribution in [2.24, 2.45) is 0 Å². The zero-order valence-electron chi connectivity index (χ0n) is 12.9. The molecule has 114 valence electrons. The van der Waals surface area contributed by atoms with Gasteiger partial charge in [0.15, 0.2) is 0 Å². The molecule has 4 heteroatoms. The van der Waals surface area contributed by atoms with Crippen molar-refractivity contribution in [2.75, 3.05) is 13.6 Å². The highest BCUT2D eigenvalue weighted by atomic mass is 35.5. The van der Waals surface area contributed by atoms with E-state index in [0.717, 1.165) is 24.7 Å². The minimum absolute atomic E-state index is 0.350. The van der Waals surface area contributed by atoms with Crippen LogP contribution in [0, 0.1) is 0 Å². The fraction of sp³-hybridized carbons (Fsp3) is 0.412. The van der Waals surface area contributed by atoms with E-state index in [2.05, 4.69) is 49.3 Å². The normalized spacial score (nSPS) is 12.8. The second-order valence-corrected chi connectivity index (χ2v) is 6.98. The van der Waals surface area contributed by atoms with E-state index in [-0.39, 0.29) is 0 Å². The van der Waals surface area contributed by atoms with E-state index in [1.807, 2.05) is 29.5 Å². The summed E-state index contributed by atoms with van der Waals surface area (Å²) in [5, 5.41) is 4.17. The molecule has 0 saturated carbocycles. The average Bonchev–Trinajstić information content (AvgIpc) is 2.91. The molecule has 0 spiro atoms. The van der Waals surface area contributed by atoms with E-state index in [1.54, 1.807) is 0 Å². The smallest absolute Gasteiger partial charge is 0.0409 e. The highest BCUT2D eigenvalue weighted by Gasteiger charge is 2.13. The number of hydrogen-bond donors (Lipinski definition) is 1. The number of hydrogen-bond acceptors (Lipinski definition) is 3. The van der Waals surface area contributed by atoms with Crippen molar-refractivity contribution in [1.82, 2.24) is 10.2 Å². The molecule has 2 nitrogen and oxygen atoms in total. The average molecular weight is 323 g/mol. The topological polar surface area (TPSA) is 15.3 Å².